The van der Waals surface area contributed by atoms with Crippen molar-refractivity contribution in [3.63, 3.8) is 0 Å². The van der Waals surface area contributed by atoms with Crippen LogP contribution >= 0.6 is 0 Å². The first kappa shape index (κ1) is 21.3. The van der Waals surface area contributed by atoms with Gasteiger partial charge in [0.1, 0.15) is 0 Å². The molecule has 2 saturated heterocycles. The number of rotatable bonds is 3. The fraction of sp³-hybridized carbons (Fsp3) is 0.833. The van der Waals surface area contributed by atoms with E-state index in [0.29, 0.717) is 0 Å². The van der Waals surface area contributed by atoms with E-state index in [9.17, 15) is 0 Å². The Labute approximate surface area is 138 Å². The zero-order chi connectivity index (χ0) is 11.1. The number of halogens is 2. The minimum atomic E-state index is 0. The van der Waals surface area contributed by atoms with E-state index in [4.69, 9.17) is 0 Å². The first-order chi connectivity index (χ1) is 7.95. The second kappa shape index (κ2) is 13.0. The smallest absolute Gasteiger partial charge is 1.00 e. The molecule has 0 saturated carbocycles. The number of nitrogens with zero attached hydrogens (tertiary/aromatic N) is 4. The van der Waals surface area contributed by atoms with E-state index in [1.807, 2.05) is 12.4 Å². The Kier molecular flexibility index (Phi) is 14.6. The molecule has 2 aliphatic rings. The summed E-state index contributed by atoms with van der Waals surface area (Å²) in [4.78, 5) is 0. The molecule has 4 nitrogen and oxygen atoms in total. The van der Waals surface area contributed by atoms with Gasteiger partial charge in [-0.2, -0.15) is 10.2 Å². The van der Waals surface area contributed by atoms with Crippen molar-refractivity contribution in [3.05, 3.63) is 0 Å². The molecule has 114 valence electrons. The molecule has 0 spiro atoms. The molecule has 2 fully saturated rings. The van der Waals surface area contributed by atoms with E-state index in [0.717, 1.165) is 26.2 Å². The Bertz CT molecular complexity index is 226. The molecule has 2 aliphatic heterocycles. The van der Waals surface area contributed by atoms with E-state index < -0.39 is 0 Å². The van der Waals surface area contributed by atoms with Crippen LogP contribution in [0.4, 0.5) is 0 Å². The maximum Gasteiger partial charge on any atom is 2.00 e. The van der Waals surface area contributed by atoms with Gasteiger partial charge in [0.05, 0.1) is 12.4 Å². The molecule has 0 amide bonds. The third-order valence-corrected chi connectivity index (χ3v) is 3.19. The van der Waals surface area contributed by atoms with Crippen LogP contribution in [0.15, 0.2) is 10.2 Å². The maximum atomic E-state index is 4.40. The number of hydrogen-bond acceptors (Lipinski definition) is 4. The molecule has 19 heavy (non-hydrogen) atoms. The molecule has 2 heterocycles. The van der Waals surface area contributed by atoms with Crippen LogP contribution in [0.1, 0.15) is 38.5 Å². The fourth-order valence-electron chi connectivity index (χ4n) is 2.23. The van der Waals surface area contributed by atoms with Gasteiger partial charge in [-0.1, -0.05) is 0 Å². The minimum absolute atomic E-state index is 0. The van der Waals surface area contributed by atoms with E-state index in [-0.39, 0.29) is 41.3 Å². The van der Waals surface area contributed by atoms with Gasteiger partial charge in [0.15, 0.2) is 0 Å². The SMILES string of the molecule is C(C=NN1CCCCC1)=NN1CCCCC1.[Cl-].[Cl-].[Ni+2]. The van der Waals surface area contributed by atoms with Crippen molar-refractivity contribution < 1.29 is 41.3 Å². The summed E-state index contributed by atoms with van der Waals surface area (Å²) in [6, 6.07) is 0. The molecule has 0 aromatic carbocycles. The summed E-state index contributed by atoms with van der Waals surface area (Å²) >= 11 is 0. The van der Waals surface area contributed by atoms with Crippen molar-refractivity contribution in [2.45, 2.75) is 38.5 Å². The van der Waals surface area contributed by atoms with Gasteiger partial charge in [0.2, 0.25) is 0 Å². The molecule has 7 heteroatoms. The van der Waals surface area contributed by atoms with Gasteiger partial charge in [-0.25, -0.2) is 0 Å². The molecule has 0 N–H and O–H groups in total. The van der Waals surface area contributed by atoms with Crippen molar-refractivity contribution in [1.29, 1.82) is 0 Å². The van der Waals surface area contributed by atoms with Crippen LogP contribution in [0.2, 0.25) is 0 Å². The van der Waals surface area contributed by atoms with Gasteiger partial charge in [-0.3, -0.25) is 10.0 Å². The molecule has 0 aromatic heterocycles. The summed E-state index contributed by atoms with van der Waals surface area (Å²) in [5.41, 5.74) is 0. The van der Waals surface area contributed by atoms with E-state index in [1.54, 1.807) is 0 Å². The molecule has 0 aliphatic carbocycles. The predicted octanol–water partition coefficient (Wildman–Crippen LogP) is -4.06. The molecular formula is C12H22Cl2N4Ni. The summed E-state index contributed by atoms with van der Waals surface area (Å²) < 4.78 is 0. The minimum Gasteiger partial charge on any atom is -1.00 e. The zero-order valence-electron chi connectivity index (χ0n) is 11.1. The second-order valence-corrected chi connectivity index (χ2v) is 4.56. The molecule has 0 radical (unpaired) electrons. The van der Waals surface area contributed by atoms with Gasteiger partial charge in [-0.15, -0.1) is 0 Å². The Morgan fingerprint density at radius 2 is 0.895 bits per heavy atom. The van der Waals surface area contributed by atoms with Crippen LogP contribution in [0.25, 0.3) is 0 Å². The quantitative estimate of drug-likeness (QED) is 0.383. The molecule has 0 bridgehead atoms. The Morgan fingerprint density at radius 3 is 1.21 bits per heavy atom. The van der Waals surface area contributed by atoms with Crippen LogP contribution in [-0.2, 0) is 16.5 Å². The van der Waals surface area contributed by atoms with Crippen molar-refractivity contribution in [3.8, 4) is 0 Å². The second-order valence-electron chi connectivity index (χ2n) is 4.56. The zero-order valence-corrected chi connectivity index (χ0v) is 13.6. The third kappa shape index (κ3) is 8.72. The standard InChI is InChI=1S/C12H22N4.2ClH.Ni/c1-3-9-15(10-4-1)13-7-8-14-16-11-5-2-6-12-16;;;/h7-8H,1-6,9-12H2;2*1H;/q;;;+2/p-2. The van der Waals surface area contributed by atoms with Crippen LogP contribution < -0.4 is 24.8 Å². The summed E-state index contributed by atoms with van der Waals surface area (Å²) in [6.45, 7) is 4.42. The van der Waals surface area contributed by atoms with Crippen molar-refractivity contribution in [2.75, 3.05) is 26.2 Å². The number of hydrogen-bond donors (Lipinski definition) is 0. The van der Waals surface area contributed by atoms with E-state index >= 15 is 0 Å². The van der Waals surface area contributed by atoms with Gasteiger partial charge in [0.25, 0.3) is 0 Å². The van der Waals surface area contributed by atoms with Crippen LogP contribution in [0.3, 0.4) is 0 Å². The average Bonchev–Trinajstić information content (AvgIpc) is 2.37. The van der Waals surface area contributed by atoms with Gasteiger partial charge >= 0.3 is 16.5 Å². The van der Waals surface area contributed by atoms with Crippen molar-refractivity contribution in [1.82, 2.24) is 10.0 Å². The summed E-state index contributed by atoms with van der Waals surface area (Å²) in [5, 5.41) is 13.1. The topological polar surface area (TPSA) is 31.2 Å². The summed E-state index contributed by atoms with van der Waals surface area (Å²) in [5.74, 6) is 0. The monoisotopic (exact) mass is 350 g/mol. The number of hydrazone groups is 2. The van der Waals surface area contributed by atoms with Crippen molar-refractivity contribution >= 4 is 12.4 Å². The molecule has 0 atom stereocenters. The molecule has 0 aromatic rings. The molecule has 2 rings (SSSR count). The summed E-state index contributed by atoms with van der Waals surface area (Å²) in [6.07, 6.45) is 11.5. The third-order valence-electron chi connectivity index (χ3n) is 3.19. The molecule has 0 unspecified atom stereocenters. The predicted molar refractivity (Wildman–Crippen MR) is 67.8 cm³/mol. The fourth-order valence-corrected chi connectivity index (χ4v) is 2.23. The first-order valence-corrected chi connectivity index (χ1v) is 6.51. The maximum absolute atomic E-state index is 4.40. The van der Waals surface area contributed by atoms with Crippen LogP contribution in [0, 0.1) is 0 Å². The van der Waals surface area contributed by atoms with Crippen LogP contribution in [0.5, 0.6) is 0 Å². The Balaban J connectivity index is 0. The van der Waals surface area contributed by atoms with Crippen LogP contribution in [-0.4, -0.2) is 48.6 Å². The van der Waals surface area contributed by atoms with Crippen molar-refractivity contribution in [2.24, 2.45) is 10.2 Å². The number of piperidine rings is 2. The molecular weight excluding hydrogens is 330 g/mol. The largest absolute Gasteiger partial charge is 2.00 e. The van der Waals surface area contributed by atoms with E-state index in [1.165, 1.54) is 38.5 Å². The van der Waals surface area contributed by atoms with Gasteiger partial charge in [-0.05, 0) is 38.5 Å². The van der Waals surface area contributed by atoms with Gasteiger partial charge in [0, 0.05) is 26.2 Å². The normalized spacial score (nSPS) is 19.8. The summed E-state index contributed by atoms with van der Waals surface area (Å²) in [7, 11) is 0. The Morgan fingerprint density at radius 1 is 0.579 bits per heavy atom. The first-order valence-electron chi connectivity index (χ1n) is 6.51. The van der Waals surface area contributed by atoms with E-state index in [2.05, 4.69) is 20.2 Å². The van der Waals surface area contributed by atoms with Gasteiger partial charge < -0.3 is 24.8 Å². The Hall–Kier alpha value is 0.0135. The average molecular weight is 352 g/mol.